The van der Waals surface area contributed by atoms with Crippen molar-refractivity contribution in [3.05, 3.63) is 121 Å². The molecule has 3 heterocycles. The van der Waals surface area contributed by atoms with E-state index in [0.29, 0.717) is 22.9 Å². The number of para-hydroxylation sites is 3. The van der Waals surface area contributed by atoms with Gasteiger partial charge in [-0.15, -0.1) is 41.6 Å². The summed E-state index contributed by atoms with van der Waals surface area (Å²) in [5.74, 6) is 1.87. The number of ether oxygens (including phenoxy) is 1. The summed E-state index contributed by atoms with van der Waals surface area (Å²) in [7, 11) is 0. The van der Waals surface area contributed by atoms with Crippen LogP contribution in [0, 0.1) is 25.7 Å². The van der Waals surface area contributed by atoms with Crippen molar-refractivity contribution < 1.29 is 29.9 Å². The molecule has 0 unspecified atom stereocenters. The molecular weight excluding hydrogens is 700 g/mol. The molecule has 0 spiro atoms. The minimum atomic E-state index is -2.32. The average Bonchev–Trinajstić information content (AvgIpc) is 3.54. The van der Waals surface area contributed by atoms with Crippen LogP contribution < -0.4 is 14.5 Å². The first-order valence-corrected chi connectivity index (χ1v) is 13.6. The molecule has 7 rings (SSSR count). The fourth-order valence-corrected chi connectivity index (χ4v) is 5.54. The molecule has 1 aliphatic heterocycles. The van der Waals surface area contributed by atoms with Crippen LogP contribution in [0.4, 0.5) is 17.1 Å². The summed E-state index contributed by atoms with van der Waals surface area (Å²) >= 11 is 0. The van der Waals surface area contributed by atoms with E-state index >= 15 is 0 Å². The van der Waals surface area contributed by atoms with E-state index in [1.165, 1.54) is 10.5 Å². The molecule has 0 N–H and O–H groups in total. The SMILES string of the molecule is [2H]C([2H])([2H])N1[CH-]N(c2[c-]c(Oc3[c-]c4c(c(C)c3)c3ccccc3n4-c3cc(C(C)(C)C)ccn3)ccc2)c2ccccc21.[Pt]. The molecule has 1 aliphatic rings. The molecule has 5 nitrogen and oxygen atoms in total. The molecule has 0 bridgehead atoms. The summed E-state index contributed by atoms with van der Waals surface area (Å²) in [6, 6.07) is 34.4. The van der Waals surface area contributed by atoms with E-state index in [0.717, 1.165) is 38.9 Å². The van der Waals surface area contributed by atoms with Crippen LogP contribution in [-0.4, -0.2) is 16.5 Å². The monoisotopic (exact) mass is 733 g/mol. The fraction of sp³-hybridized carbons (Fsp3) is 0.167. The van der Waals surface area contributed by atoms with Crippen LogP contribution in [0.25, 0.3) is 27.6 Å². The molecular formula is C36H31N4OPt-3. The Balaban J connectivity index is 0.00000357. The largest absolute Gasteiger partial charge is 0.509 e. The third-order valence-electron chi connectivity index (χ3n) is 7.56. The number of benzene rings is 4. The Morgan fingerprint density at radius 2 is 1.67 bits per heavy atom. The number of anilines is 3. The topological polar surface area (TPSA) is 33.5 Å². The van der Waals surface area contributed by atoms with Gasteiger partial charge in [0.25, 0.3) is 0 Å². The van der Waals surface area contributed by atoms with Crippen molar-refractivity contribution in [2.75, 3.05) is 16.8 Å². The summed E-state index contributed by atoms with van der Waals surface area (Å²) in [6.07, 6.45) is 1.87. The van der Waals surface area contributed by atoms with Gasteiger partial charge in [0, 0.05) is 59.8 Å². The minimum absolute atomic E-state index is 0. The van der Waals surface area contributed by atoms with Crippen molar-refractivity contribution in [1.82, 2.24) is 9.55 Å². The number of pyridine rings is 1. The van der Waals surface area contributed by atoms with Gasteiger partial charge in [-0.3, -0.25) is 0 Å². The summed E-state index contributed by atoms with van der Waals surface area (Å²) in [6.45, 7) is 7.95. The Morgan fingerprint density at radius 3 is 2.48 bits per heavy atom. The van der Waals surface area contributed by atoms with E-state index in [1.807, 2.05) is 59.6 Å². The third-order valence-corrected chi connectivity index (χ3v) is 7.56. The Morgan fingerprint density at radius 1 is 0.881 bits per heavy atom. The van der Waals surface area contributed by atoms with Crippen LogP contribution in [0.15, 0.2) is 91.1 Å². The Hall–Kier alpha value is -4.08. The molecule has 0 saturated carbocycles. The maximum absolute atomic E-state index is 8.01. The van der Waals surface area contributed by atoms with Gasteiger partial charge in [0.2, 0.25) is 0 Å². The molecule has 6 aromatic rings. The second kappa shape index (κ2) is 10.6. The molecule has 0 amide bonds. The number of nitrogens with zero attached hydrogens (tertiary/aromatic N) is 4. The Bertz CT molecular complexity index is 2050. The van der Waals surface area contributed by atoms with Gasteiger partial charge < -0.3 is 19.1 Å². The number of aromatic nitrogens is 2. The average molecular weight is 734 g/mol. The molecule has 0 aliphatic carbocycles. The van der Waals surface area contributed by atoms with Gasteiger partial charge in [-0.1, -0.05) is 68.9 Å². The molecule has 2 aromatic heterocycles. The predicted octanol–water partition coefficient (Wildman–Crippen LogP) is 8.88. The zero-order valence-electron chi connectivity index (χ0n) is 26.8. The first-order valence-electron chi connectivity index (χ1n) is 15.1. The summed E-state index contributed by atoms with van der Waals surface area (Å²) in [4.78, 5) is 7.90. The predicted molar refractivity (Wildman–Crippen MR) is 167 cm³/mol. The van der Waals surface area contributed by atoms with E-state index in [-0.39, 0.29) is 26.5 Å². The summed E-state index contributed by atoms with van der Waals surface area (Å²) in [5.41, 5.74) is 6.19. The second-order valence-corrected chi connectivity index (χ2v) is 11.4. The summed E-state index contributed by atoms with van der Waals surface area (Å²) in [5, 5.41) is 2.23. The van der Waals surface area contributed by atoms with Crippen LogP contribution in [0.1, 0.15) is 36.0 Å². The second-order valence-electron chi connectivity index (χ2n) is 11.4. The molecule has 42 heavy (non-hydrogen) atoms. The van der Waals surface area contributed by atoms with Gasteiger partial charge in [0.1, 0.15) is 5.82 Å². The number of rotatable bonds is 4. The van der Waals surface area contributed by atoms with Gasteiger partial charge in [-0.05, 0) is 53.7 Å². The third kappa shape index (κ3) is 4.76. The van der Waals surface area contributed by atoms with Gasteiger partial charge in [0.15, 0.2) is 0 Å². The van der Waals surface area contributed by atoms with Gasteiger partial charge >= 0.3 is 0 Å². The standard InChI is InChI=1S/C36H31N4O.Pt/c1-24-19-28(41-27-12-10-11-26(21-27)39-23-38(5)31-15-8-9-16-32(31)39)22-33-35(24)29-13-6-7-14-30(29)40(33)34-20-25(17-18-37-34)36(2,3)4;/h6-20,23H,1-5H3;/q-3;/i5D3;. The van der Waals surface area contributed by atoms with E-state index in [4.69, 9.17) is 13.8 Å². The fourth-order valence-electron chi connectivity index (χ4n) is 5.54. The van der Waals surface area contributed by atoms with Crippen LogP contribution in [0.2, 0.25) is 0 Å². The molecule has 6 heteroatoms. The van der Waals surface area contributed by atoms with Gasteiger partial charge in [-0.25, -0.2) is 4.98 Å². The molecule has 0 radical (unpaired) electrons. The number of fused-ring (bicyclic) bond motifs is 4. The van der Waals surface area contributed by atoms with Crippen LogP contribution in [-0.2, 0) is 26.5 Å². The van der Waals surface area contributed by atoms with E-state index in [2.05, 4.69) is 74.7 Å². The van der Waals surface area contributed by atoms with Crippen molar-refractivity contribution in [1.29, 1.82) is 0 Å². The van der Waals surface area contributed by atoms with E-state index in [1.54, 1.807) is 12.7 Å². The molecule has 214 valence electrons. The van der Waals surface area contributed by atoms with Gasteiger partial charge in [-0.2, -0.15) is 12.7 Å². The number of hydrogen-bond acceptors (Lipinski definition) is 4. The zero-order chi connectivity index (χ0) is 30.8. The Kier molecular flexibility index (Phi) is 6.21. The minimum Gasteiger partial charge on any atom is -0.509 e. The molecule has 4 aromatic carbocycles. The molecule has 0 saturated heterocycles. The zero-order valence-corrected chi connectivity index (χ0v) is 26.0. The van der Waals surface area contributed by atoms with Crippen molar-refractivity contribution in [3.8, 4) is 17.3 Å². The van der Waals surface area contributed by atoms with Crippen molar-refractivity contribution >= 4 is 38.9 Å². The quantitative estimate of drug-likeness (QED) is 0.170. The smallest absolute Gasteiger partial charge is 0.135 e. The van der Waals surface area contributed by atoms with E-state index < -0.39 is 6.98 Å². The Labute approximate surface area is 265 Å². The number of aryl methyl sites for hydroxylation is 1. The van der Waals surface area contributed by atoms with Crippen LogP contribution >= 0.6 is 0 Å². The normalized spacial score (nSPS) is 14.3. The maximum atomic E-state index is 8.01. The molecule has 0 atom stereocenters. The maximum Gasteiger partial charge on any atom is 0.135 e. The first kappa shape index (κ1) is 24.5. The first-order chi connectivity index (χ1) is 21.0. The van der Waals surface area contributed by atoms with Gasteiger partial charge in [0.05, 0.1) is 0 Å². The molecule has 0 fully saturated rings. The number of hydrogen-bond donors (Lipinski definition) is 0. The van der Waals surface area contributed by atoms with Crippen molar-refractivity contribution in [3.63, 3.8) is 0 Å². The van der Waals surface area contributed by atoms with Crippen molar-refractivity contribution in [2.45, 2.75) is 33.1 Å². The van der Waals surface area contributed by atoms with Crippen LogP contribution in [0.3, 0.4) is 0 Å². The van der Waals surface area contributed by atoms with E-state index in [9.17, 15) is 0 Å². The van der Waals surface area contributed by atoms with Crippen LogP contribution in [0.5, 0.6) is 11.5 Å². The summed E-state index contributed by atoms with van der Waals surface area (Å²) < 4.78 is 32.6. The van der Waals surface area contributed by atoms with Crippen molar-refractivity contribution in [2.24, 2.45) is 0 Å².